The van der Waals surface area contributed by atoms with E-state index in [1.165, 1.54) is 5.56 Å². The lowest BCUT2D eigenvalue weighted by atomic mass is 10.1. The highest BCUT2D eigenvalue weighted by atomic mass is 16.5. The minimum atomic E-state index is 0.150. The van der Waals surface area contributed by atoms with Crippen LogP contribution in [0.4, 0.5) is 0 Å². The lowest BCUT2D eigenvalue weighted by Gasteiger charge is -2.10. The molecule has 21 heavy (non-hydrogen) atoms. The molecule has 0 saturated carbocycles. The highest BCUT2D eigenvalue weighted by molar-refractivity contribution is 5.27. The van der Waals surface area contributed by atoms with E-state index in [-0.39, 0.29) is 6.04 Å². The number of nitrogens with one attached hydrogen (secondary N) is 1. The summed E-state index contributed by atoms with van der Waals surface area (Å²) in [6, 6.07) is 8.20. The summed E-state index contributed by atoms with van der Waals surface area (Å²) in [5.74, 6) is 2.25. The fourth-order valence-corrected chi connectivity index (χ4v) is 2.20. The van der Waals surface area contributed by atoms with Gasteiger partial charge in [-0.2, -0.15) is 0 Å². The molecule has 0 aliphatic carbocycles. The van der Waals surface area contributed by atoms with Gasteiger partial charge in [-0.05, 0) is 37.1 Å². The van der Waals surface area contributed by atoms with Gasteiger partial charge in [0.15, 0.2) is 0 Å². The second-order valence-electron chi connectivity index (χ2n) is 4.90. The van der Waals surface area contributed by atoms with E-state index in [1.807, 2.05) is 12.1 Å². The van der Waals surface area contributed by atoms with Gasteiger partial charge in [-0.3, -0.25) is 0 Å². The van der Waals surface area contributed by atoms with Gasteiger partial charge in [-0.1, -0.05) is 26.0 Å². The van der Waals surface area contributed by atoms with Crippen LogP contribution in [0.3, 0.4) is 0 Å². The summed E-state index contributed by atoms with van der Waals surface area (Å²) in [5, 5.41) is 11.6. The molecule has 0 bridgehead atoms. The largest absolute Gasteiger partial charge is 0.497 e. The van der Waals surface area contributed by atoms with Gasteiger partial charge in [0, 0.05) is 6.42 Å². The van der Waals surface area contributed by atoms with Crippen molar-refractivity contribution < 1.29 is 9.15 Å². The van der Waals surface area contributed by atoms with Crippen LogP contribution >= 0.6 is 0 Å². The van der Waals surface area contributed by atoms with Crippen molar-refractivity contribution in [2.45, 2.75) is 39.2 Å². The zero-order valence-electron chi connectivity index (χ0n) is 12.9. The van der Waals surface area contributed by atoms with Crippen molar-refractivity contribution in [3.8, 4) is 5.75 Å². The molecular formula is C16H23N3O2. The third-order valence-corrected chi connectivity index (χ3v) is 3.43. The molecular weight excluding hydrogens is 266 g/mol. The molecule has 0 radical (unpaired) electrons. The average molecular weight is 289 g/mol. The van der Waals surface area contributed by atoms with Crippen LogP contribution in [0.25, 0.3) is 0 Å². The molecule has 1 N–H and O–H groups in total. The Morgan fingerprint density at radius 3 is 2.52 bits per heavy atom. The van der Waals surface area contributed by atoms with Crippen LogP contribution in [0.2, 0.25) is 0 Å². The van der Waals surface area contributed by atoms with Crippen LogP contribution in [0.15, 0.2) is 28.7 Å². The topological polar surface area (TPSA) is 60.2 Å². The van der Waals surface area contributed by atoms with Crippen LogP contribution in [-0.4, -0.2) is 23.9 Å². The highest BCUT2D eigenvalue weighted by Gasteiger charge is 2.15. The van der Waals surface area contributed by atoms with E-state index < -0.39 is 0 Å². The Hall–Kier alpha value is -1.88. The van der Waals surface area contributed by atoms with Gasteiger partial charge in [0.2, 0.25) is 11.8 Å². The Bertz CT molecular complexity index is 537. The third-order valence-electron chi connectivity index (χ3n) is 3.43. The SMILES string of the molecule is CCNC(CC)c1nnc(CCc2ccc(OC)cc2)o1. The molecule has 1 unspecified atom stereocenters. The van der Waals surface area contributed by atoms with Gasteiger partial charge in [-0.25, -0.2) is 0 Å². The van der Waals surface area contributed by atoms with Gasteiger partial charge in [0.05, 0.1) is 13.2 Å². The normalized spacial score (nSPS) is 12.3. The third kappa shape index (κ3) is 4.29. The van der Waals surface area contributed by atoms with E-state index in [4.69, 9.17) is 9.15 Å². The highest BCUT2D eigenvalue weighted by Crippen LogP contribution is 2.17. The van der Waals surface area contributed by atoms with Gasteiger partial charge in [0.25, 0.3) is 0 Å². The van der Waals surface area contributed by atoms with Gasteiger partial charge in [-0.15, -0.1) is 10.2 Å². The minimum absolute atomic E-state index is 0.150. The number of benzene rings is 1. The number of nitrogens with zero attached hydrogens (tertiary/aromatic N) is 2. The second-order valence-corrected chi connectivity index (χ2v) is 4.90. The molecule has 1 aromatic heterocycles. The van der Waals surface area contributed by atoms with Crippen molar-refractivity contribution in [2.75, 3.05) is 13.7 Å². The minimum Gasteiger partial charge on any atom is -0.497 e. The molecule has 2 aromatic rings. The van der Waals surface area contributed by atoms with Gasteiger partial charge >= 0.3 is 0 Å². The average Bonchev–Trinajstić information content (AvgIpc) is 3.00. The summed E-state index contributed by atoms with van der Waals surface area (Å²) < 4.78 is 10.9. The Morgan fingerprint density at radius 2 is 1.90 bits per heavy atom. The monoisotopic (exact) mass is 289 g/mol. The van der Waals surface area contributed by atoms with Gasteiger partial charge < -0.3 is 14.5 Å². The molecule has 1 atom stereocenters. The molecule has 5 nitrogen and oxygen atoms in total. The Labute approximate surface area is 125 Å². The molecule has 2 rings (SSSR count). The molecule has 1 heterocycles. The first-order valence-electron chi connectivity index (χ1n) is 7.45. The predicted octanol–water partition coefficient (Wildman–Crippen LogP) is 2.92. The number of rotatable bonds is 8. The molecule has 0 amide bonds. The summed E-state index contributed by atoms with van der Waals surface area (Å²) in [4.78, 5) is 0. The number of hydrogen-bond donors (Lipinski definition) is 1. The van der Waals surface area contributed by atoms with E-state index in [0.717, 1.165) is 31.6 Å². The maximum absolute atomic E-state index is 5.75. The fraction of sp³-hybridized carbons (Fsp3) is 0.500. The van der Waals surface area contributed by atoms with E-state index in [9.17, 15) is 0 Å². The Morgan fingerprint density at radius 1 is 1.14 bits per heavy atom. The van der Waals surface area contributed by atoms with E-state index >= 15 is 0 Å². The Kier molecular flexibility index (Phi) is 5.75. The Balaban J connectivity index is 1.92. The maximum Gasteiger partial charge on any atom is 0.233 e. The molecule has 0 saturated heterocycles. The van der Waals surface area contributed by atoms with Crippen LogP contribution in [0, 0.1) is 0 Å². The first-order valence-corrected chi connectivity index (χ1v) is 7.45. The number of methoxy groups -OCH3 is 1. The molecule has 0 aliphatic heterocycles. The zero-order valence-corrected chi connectivity index (χ0v) is 12.9. The van der Waals surface area contributed by atoms with Crippen LogP contribution < -0.4 is 10.1 Å². The predicted molar refractivity (Wildman–Crippen MR) is 81.4 cm³/mol. The van der Waals surface area contributed by atoms with Crippen molar-refractivity contribution in [1.82, 2.24) is 15.5 Å². The molecule has 0 spiro atoms. The summed E-state index contributed by atoms with van der Waals surface area (Å²) in [6.07, 6.45) is 2.57. The van der Waals surface area contributed by atoms with Gasteiger partial charge in [0.1, 0.15) is 5.75 Å². The molecule has 5 heteroatoms. The number of ether oxygens (including phenoxy) is 1. The maximum atomic E-state index is 5.75. The quantitative estimate of drug-likeness (QED) is 0.809. The standard InChI is InChI=1S/C16H23N3O2/c1-4-14(17-5-2)16-19-18-15(21-16)11-8-12-6-9-13(20-3)10-7-12/h6-7,9-10,14,17H,4-5,8,11H2,1-3H3. The van der Waals surface area contributed by atoms with E-state index in [0.29, 0.717) is 11.8 Å². The number of aromatic nitrogens is 2. The van der Waals surface area contributed by atoms with Crippen molar-refractivity contribution in [3.05, 3.63) is 41.6 Å². The summed E-state index contributed by atoms with van der Waals surface area (Å²) in [6.45, 7) is 5.07. The van der Waals surface area contributed by atoms with Crippen LogP contribution in [0.5, 0.6) is 5.75 Å². The van der Waals surface area contributed by atoms with Crippen molar-refractivity contribution >= 4 is 0 Å². The molecule has 114 valence electrons. The molecule has 1 aromatic carbocycles. The van der Waals surface area contributed by atoms with E-state index in [1.54, 1.807) is 7.11 Å². The van der Waals surface area contributed by atoms with E-state index in [2.05, 4.69) is 41.5 Å². The zero-order chi connectivity index (χ0) is 15.1. The molecule has 0 fully saturated rings. The summed E-state index contributed by atoms with van der Waals surface area (Å²) in [5.41, 5.74) is 1.23. The lowest BCUT2D eigenvalue weighted by molar-refractivity contribution is 0.376. The first-order chi connectivity index (χ1) is 10.3. The summed E-state index contributed by atoms with van der Waals surface area (Å²) in [7, 11) is 1.67. The van der Waals surface area contributed by atoms with Crippen molar-refractivity contribution in [1.29, 1.82) is 0 Å². The van der Waals surface area contributed by atoms with Crippen molar-refractivity contribution in [3.63, 3.8) is 0 Å². The first kappa shape index (κ1) is 15.5. The summed E-state index contributed by atoms with van der Waals surface area (Å²) >= 11 is 0. The molecule has 0 aliphatic rings. The second kappa shape index (κ2) is 7.78. The van der Waals surface area contributed by atoms with Crippen molar-refractivity contribution in [2.24, 2.45) is 0 Å². The van der Waals surface area contributed by atoms with Crippen LogP contribution in [0.1, 0.15) is 43.7 Å². The lowest BCUT2D eigenvalue weighted by Crippen LogP contribution is -2.20. The smallest absolute Gasteiger partial charge is 0.233 e. The number of aryl methyl sites for hydroxylation is 2. The number of hydrogen-bond acceptors (Lipinski definition) is 5. The fourth-order valence-electron chi connectivity index (χ4n) is 2.20. The van der Waals surface area contributed by atoms with Crippen LogP contribution in [-0.2, 0) is 12.8 Å².